The number of anilines is 2. The van der Waals surface area contributed by atoms with E-state index in [0.717, 1.165) is 17.8 Å². The molecule has 8 nitrogen and oxygen atoms in total. The van der Waals surface area contributed by atoms with Gasteiger partial charge in [-0.05, 0) is 44.7 Å². The van der Waals surface area contributed by atoms with Crippen LogP contribution >= 0.6 is 0 Å². The van der Waals surface area contributed by atoms with Crippen molar-refractivity contribution >= 4 is 22.9 Å². The molecule has 0 aliphatic carbocycles. The van der Waals surface area contributed by atoms with Crippen LogP contribution in [0.15, 0.2) is 30.7 Å². The number of hydrogen-bond donors (Lipinski definition) is 3. The molecule has 3 N–H and O–H groups in total. The van der Waals surface area contributed by atoms with Crippen molar-refractivity contribution in [1.29, 1.82) is 0 Å². The van der Waals surface area contributed by atoms with E-state index in [-0.39, 0.29) is 17.0 Å². The zero-order chi connectivity index (χ0) is 22.8. The van der Waals surface area contributed by atoms with Gasteiger partial charge in [0.05, 0.1) is 30.7 Å². The molecule has 0 aliphatic heterocycles. The minimum atomic E-state index is -0.547. The number of hydrogen-bond acceptors (Lipinski definition) is 7. The van der Waals surface area contributed by atoms with E-state index < -0.39 is 6.10 Å². The monoisotopic (exact) mass is 425 g/mol. The lowest BCUT2D eigenvalue weighted by Crippen LogP contribution is -2.42. The molecule has 0 spiro atoms. The molecule has 168 valence electrons. The molecule has 0 amide bonds. The summed E-state index contributed by atoms with van der Waals surface area (Å²) < 4.78 is 2.04. The number of nitrogens with one attached hydrogen (secondary N) is 2. The van der Waals surface area contributed by atoms with Gasteiger partial charge in [-0.25, -0.2) is 4.98 Å². The number of aliphatic hydroxyl groups excluding tert-OH is 1. The van der Waals surface area contributed by atoms with E-state index in [1.807, 2.05) is 50.5 Å². The van der Waals surface area contributed by atoms with Crippen molar-refractivity contribution < 1.29 is 5.11 Å². The van der Waals surface area contributed by atoms with Gasteiger partial charge in [-0.15, -0.1) is 0 Å². The second kappa shape index (κ2) is 8.78. The van der Waals surface area contributed by atoms with Gasteiger partial charge in [0, 0.05) is 11.7 Å². The van der Waals surface area contributed by atoms with Gasteiger partial charge in [0.25, 0.3) is 0 Å². The molecule has 3 aromatic rings. The second-order valence-electron chi connectivity index (χ2n) is 10.00. The van der Waals surface area contributed by atoms with Gasteiger partial charge in [0.1, 0.15) is 0 Å². The maximum Gasteiger partial charge on any atom is 0.227 e. The standard InChI is InChI=1S/C23H35N7O/c1-8-16(18(31)22(2,3)4)27-21-28-19(25-13-15-11-9-10-12-24-15)17-20(29-21)30(14-26-17)23(5,6)7/h9-12,14,16,18,31H,8,13H2,1-7H3,(H2,25,27,28,29)/t16-,18?/m0/s1. The van der Waals surface area contributed by atoms with Crippen molar-refractivity contribution in [3.8, 4) is 0 Å². The van der Waals surface area contributed by atoms with Crippen molar-refractivity contribution in [2.75, 3.05) is 10.6 Å². The molecule has 0 aromatic carbocycles. The first-order valence-electron chi connectivity index (χ1n) is 10.8. The van der Waals surface area contributed by atoms with Crippen molar-refractivity contribution in [3.05, 3.63) is 36.4 Å². The molecule has 8 heteroatoms. The van der Waals surface area contributed by atoms with Crippen LogP contribution in [-0.4, -0.2) is 41.8 Å². The smallest absolute Gasteiger partial charge is 0.227 e. The van der Waals surface area contributed by atoms with Crippen LogP contribution in [0.4, 0.5) is 11.8 Å². The van der Waals surface area contributed by atoms with E-state index in [9.17, 15) is 5.11 Å². The van der Waals surface area contributed by atoms with E-state index in [2.05, 4.69) is 41.4 Å². The molecule has 0 radical (unpaired) electrons. The minimum Gasteiger partial charge on any atom is -0.390 e. The first kappa shape index (κ1) is 22.9. The number of aromatic nitrogens is 5. The number of nitrogens with zero attached hydrogens (tertiary/aromatic N) is 5. The number of fused-ring (bicyclic) bond motifs is 1. The third-order valence-corrected chi connectivity index (χ3v) is 5.30. The van der Waals surface area contributed by atoms with Crippen molar-refractivity contribution in [3.63, 3.8) is 0 Å². The van der Waals surface area contributed by atoms with E-state index >= 15 is 0 Å². The van der Waals surface area contributed by atoms with Crippen LogP contribution in [0.2, 0.25) is 0 Å². The van der Waals surface area contributed by atoms with Crippen LogP contribution in [-0.2, 0) is 12.1 Å². The van der Waals surface area contributed by atoms with E-state index in [1.54, 1.807) is 12.5 Å². The molecule has 0 bridgehead atoms. The largest absolute Gasteiger partial charge is 0.390 e. The highest BCUT2D eigenvalue weighted by atomic mass is 16.3. The number of aliphatic hydroxyl groups is 1. The Morgan fingerprint density at radius 2 is 1.81 bits per heavy atom. The summed E-state index contributed by atoms with van der Waals surface area (Å²) >= 11 is 0. The normalized spacial score (nSPS) is 14.5. The molecule has 0 fully saturated rings. The van der Waals surface area contributed by atoms with Crippen molar-refractivity contribution in [2.45, 2.75) is 79.1 Å². The molecule has 3 heterocycles. The van der Waals surface area contributed by atoms with Crippen LogP contribution < -0.4 is 10.6 Å². The third kappa shape index (κ3) is 5.31. The Morgan fingerprint density at radius 3 is 2.39 bits per heavy atom. The summed E-state index contributed by atoms with van der Waals surface area (Å²) in [6, 6.07) is 5.64. The molecule has 3 rings (SSSR count). The fourth-order valence-corrected chi connectivity index (χ4v) is 3.43. The Bertz CT molecular complexity index is 1000. The highest BCUT2D eigenvalue weighted by Gasteiger charge is 2.30. The van der Waals surface area contributed by atoms with Crippen LogP contribution in [0.1, 0.15) is 60.6 Å². The summed E-state index contributed by atoms with van der Waals surface area (Å²) in [5, 5.41) is 17.6. The predicted octanol–water partition coefficient (Wildman–Crippen LogP) is 4.19. The quantitative estimate of drug-likeness (QED) is 0.522. The maximum absolute atomic E-state index is 10.8. The molecule has 1 unspecified atom stereocenters. The van der Waals surface area contributed by atoms with E-state index in [4.69, 9.17) is 9.97 Å². The first-order valence-corrected chi connectivity index (χ1v) is 10.8. The molecule has 0 saturated heterocycles. The lowest BCUT2D eigenvalue weighted by molar-refractivity contribution is 0.0451. The summed E-state index contributed by atoms with van der Waals surface area (Å²) in [7, 11) is 0. The molecular formula is C23H35N7O. The van der Waals surface area contributed by atoms with Gasteiger partial charge < -0.3 is 20.3 Å². The van der Waals surface area contributed by atoms with E-state index in [1.165, 1.54) is 0 Å². The summed E-state index contributed by atoms with van der Waals surface area (Å²) in [5.74, 6) is 1.11. The van der Waals surface area contributed by atoms with Crippen molar-refractivity contribution in [2.24, 2.45) is 5.41 Å². The zero-order valence-electron chi connectivity index (χ0n) is 19.6. The number of pyridine rings is 1. The summed E-state index contributed by atoms with van der Waals surface area (Å²) in [6.07, 6.45) is 3.77. The highest BCUT2D eigenvalue weighted by molar-refractivity contribution is 5.84. The topological polar surface area (TPSA) is 101 Å². The molecule has 2 atom stereocenters. The minimum absolute atomic E-state index is 0.174. The number of imidazole rings is 1. The first-order chi connectivity index (χ1) is 14.5. The fraction of sp³-hybridized carbons (Fsp3) is 0.565. The Labute approximate surface area is 184 Å². The van der Waals surface area contributed by atoms with Crippen molar-refractivity contribution in [1.82, 2.24) is 24.5 Å². The highest BCUT2D eigenvalue weighted by Crippen LogP contribution is 2.28. The molecule has 0 aliphatic rings. The Balaban J connectivity index is 2.00. The Kier molecular flexibility index (Phi) is 6.50. The fourth-order valence-electron chi connectivity index (χ4n) is 3.43. The van der Waals surface area contributed by atoms with Gasteiger partial charge >= 0.3 is 0 Å². The second-order valence-corrected chi connectivity index (χ2v) is 10.00. The molecule has 3 aromatic heterocycles. The Morgan fingerprint density at radius 1 is 1.06 bits per heavy atom. The lowest BCUT2D eigenvalue weighted by atomic mass is 9.84. The maximum atomic E-state index is 10.8. The van der Waals surface area contributed by atoms with Crippen LogP contribution in [0.5, 0.6) is 0 Å². The molecule has 31 heavy (non-hydrogen) atoms. The Hall–Kier alpha value is -2.74. The lowest BCUT2D eigenvalue weighted by Gasteiger charge is -2.33. The van der Waals surface area contributed by atoms with Crippen LogP contribution in [0, 0.1) is 5.41 Å². The SMILES string of the molecule is CC[C@H](Nc1nc(NCc2ccccn2)c2ncn(C(C)(C)C)c2n1)C(O)C(C)(C)C. The third-order valence-electron chi connectivity index (χ3n) is 5.30. The zero-order valence-corrected chi connectivity index (χ0v) is 19.6. The van der Waals surface area contributed by atoms with Gasteiger partial charge in [-0.3, -0.25) is 4.98 Å². The summed E-state index contributed by atoms with van der Waals surface area (Å²) in [4.78, 5) is 18.5. The average Bonchev–Trinajstić information content (AvgIpc) is 3.14. The summed E-state index contributed by atoms with van der Waals surface area (Å²) in [5.41, 5.74) is 1.92. The molecule has 0 saturated carbocycles. The van der Waals surface area contributed by atoms with Crippen LogP contribution in [0.25, 0.3) is 11.2 Å². The molecular weight excluding hydrogens is 390 g/mol. The predicted molar refractivity (Wildman–Crippen MR) is 125 cm³/mol. The van der Waals surface area contributed by atoms with Gasteiger partial charge in [-0.1, -0.05) is 33.8 Å². The van der Waals surface area contributed by atoms with Gasteiger partial charge in [-0.2, -0.15) is 9.97 Å². The summed E-state index contributed by atoms with van der Waals surface area (Å²) in [6.45, 7) is 15.0. The average molecular weight is 426 g/mol. The van der Waals surface area contributed by atoms with E-state index in [0.29, 0.717) is 23.8 Å². The van der Waals surface area contributed by atoms with Gasteiger partial charge in [0.15, 0.2) is 17.0 Å². The number of rotatable bonds is 7. The van der Waals surface area contributed by atoms with Crippen LogP contribution in [0.3, 0.4) is 0 Å². The van der Waals surface area contributed by atoms with Gasteiger partial charge in [0.2, 0.25) is 5.95 Å².